The maximum atomic E-state index is 3.98. The Morgan fingerprint density at radius 2 is 2.45 bits per heavy atom. The summed E-state index contributed by atoms with van der Waals surface area (Å²) in [5.41, 5.74) is 1.04. The van der Waals surface area contributed by atoms with E-state index in [1.807, 2.05) is 12.1 Å². The number of aromatic nitrogens is 2. The van der Waals surface area contributed by atoms with Gasteiger partial charge in [0.1, 0.15) is 5.82 Å². The Labute approximate surface area is 63.8 Å². The first-order chi connectivity index (χ1) is 5.40. The third-order valence-corrected chi connectivity index (χ3v) is 1.58. The Morgan fingerprint density at radius 3 is 3.18 bits per heavy atom. The van der Waals surface area contributed by atoms with E-state index in [1.54, 1.807) is 12.4 Å². The maximum absolute atomic E-state index is 3.98. The van der Waals surface area contributed by atoms with Gasteiger partial charge in [0, 0.05) is 17.8 Å². The van der Waals surface area contributed by atoms with Crippen molar-refractivity contribution in [3.05, 3.63) is 24.5 Å². The fourth-order valence-electron chi connectivity index (χ4n) is 1.04. The highest BCUT2D eigenvalue weighted by atomic mass is 14.9. The van der Waals surface area contributed by atoms with Gasteiger partial charge in [-0.05, 0) is 18.9 Å². The largest absolute Gasteiger partial charge is 0.340 e. The normalized spacial score (nSPS) is 10.2. The van der Waals surface area contributed by atoms with Crippen molar-refractivity contribution < 1.29 is 0 Å². The number of fused-ring (bicyclic) bond motifs is 1. The molecule has 0 saturated carbocycles. The maximum Gasteiger partial charge on any atom is 0.130 e. The molecule has 2 aromatic heterocycles. The molecule has 3 nitrogen and oxygen atoms in total. The van der Waals surface area contributed by atoms with Crippen LogP contribution >= 0.6 is 0 Å². The summed E-state index contributed by atoms with van der Waals surface area (Å²) >= 11 is 0. The van der Waals surface area contributed by atoms with Gasteiger partial charge in [0.05, 0.1) is 5.52 Å². The van der Waals surface area contributed by atoms with Crippen molar-refractivity contribution in [1.82, 2.24) is 9.97 Å². The van der Waals surface area contributed by atoms with E-state index in [0.29, 0.717) is 0 Å². The van der Waals surface area contributed by atoms with Crippen molar-refractivity contribution in [3.8, 4) is 0 Å². The van der Waals surface area contributed by atoms with Crippen molar-refractivity contribution in [3.63, 3.8) is 0 Å². The van der Waals surface area contributed by atoms with Crippen LogP contribution in [0.15, 0.2) is 29.5 Å². The second-order valence-electron chi connectivity index (χ2n) is 2.28. The van der Waals surface area contributed by atoms with Gasteiger partial charge in [-0.15, -0.1) is 0 Å². The summed E-state index contributed by atoms with van der Waals surface area (Å²) in [4.78, 5) is 10.8. The fourth-order valence-corrected chi connectivity index (χ4v) is 1.04. The molecular weight excluding hydrogens is 138 g/mol. The van der Waals surface area contributed by atoms with Crippen molar-refractivity contribution in [2.45, 2.75) is 0 Å². The summed E-state index contributed by atoms with van der Waals surface area (Å²) in [6, 6.07) is 3.82. The van der Waals surface area contributed by atoms with E-state index in [2.05, 4.69) is 21.7 Å². The molecule has 2 aromatic rings. The van der Waals surface area contributed by atoms with Crippen LogP contribution in [0.1, 0.15) is 0 Å². The third kappa shape index (κ3) is 0.902. The molecule has 0 unspecified atom stereocenters. The van der Waals surface area contributed by atoms with Gasteiger partial charge in [-0.3, -0.25) is 4.98 Å². The molecule has 0 amide bonds. The van der Waals surface area contributed by atoms with E-state index >= 15 is 0 Å². The zero-order valence-electron chi connectivity index (χ0n) is 5.91. The Balaban J connectivity index is 2.78. The summed E-state index contributed by atoms with van der Waals surface area (Å²) in [7, 11) is 0. The van der Waals surface area contributed by atoms with Crippen LogP contribution in [0.2, 0.25) is 0 Å². The van der Waals surface area contributed by atoms with E-state index < -0.39 is 0 Å². The molecule has 0 spiro atoms. The topological polar surface area (TPSA) is 41.0 Å². The first-order valence-corrected chi connectivity index (χ1v) is 3.29. The molecule has 0 bridgehead atoms. The van der Waals surface area contributed by atoms with E-state index in [0.717, 1.165) is 16.7 Å². The molecule has 11 heavy (non-hydrogen) atoms. The molecule has 54 valence electrons. The number of nitrogens with zero attached hydrogens (tertiary/aromatic N) is 2. The predicted molar refractivity (Wildman–Crippen MR) is 45.3 cm³/mol. The lowest BCUT2D eigenvalue weighted by Crippen LogP contribution is -1.68. The van der Waals surface area contributed by atoms with Crippen LogP contribution in [-0.2, 0) is 0 Å². The molecule has 0 radical (unpaired) electrons. The average molecular weight is 145 g/mol. The smallest absolute Gasteiger partial charge is 0.130 e. The Morgan fingerprint density at radius 1 is 1.55 bits per heavy atom. The highest BCUT2D eigenvalue weighted by molar-refractivity contribution is 5.82. The molecule has 0 aliphatic heterocycles. The summed E-state index contributed by atoms with van der Waals surface area (Å²) in [6.07, 6.45) is 3.53. The molecule has 2 rings (SSSR count). The molecule has 0 saturated heterocycles. The number of pyridine rings is 1. The van der Waals surface area contributed by atoms with Gasteiger partial charge in [0.2, 0.25) is 0 Å². The molecule has 1 N–H and O–H groups in total. The van der Waals surface area contributed by atoms with Crippen molar-refractivity contribution in [2.24, 2.45) is 4.99 Å². The highest BCUT2D eigenvalue weighted by Crippen LogP contribution is 2.18. The number of hydrogen-bond acceptors (Lipinski definition) is 2. The SMILES string of the molecule is C=Nc1cc2cnccc2[nH]1. The van der Waals surface area contributed by atoms with Crippen LogP contribution in [0, 0.1) is 0 Å². The van der Waals surface area contributed by atoms with E-state index in [9.17, 15) is 0 Å². The lowest BCUT2D eigenvalue weighted by atomic mass is 10.3. The van der Waals surface area contributed by atoms with Crippen LogP contribution in [0.4, 0.5) is 5.82 Å². The van der Waals surface area contributed by atoms with Gasteiger partial charge in [-0.1, -0.05) is 0 Å². The minimum absolute atomic E-state index is 0.785. The van der Waals surface area contributed by atoms with Gasteiger partial charge >= 0.3 is 0 Å². The number of aromatic amines is 1. The Hall–Kier alpha value is -1.64. The number of hydrogen-bond donors (Lipinski definition) is 1. The zero-order chi connectivity index (χ0) is 7.68. The second-order valence-corrected chi connectivity index (χ2v) is 2.28. The molecule has 0 atom stereocenters. The Kier molecular flexibility index (Phi) is 1.22. The lowest BCUT2D eigenvalue weighted by Gasteiger charge is -1.83. The number of rotatable bonds is 1. The Bertz CT molecular complexity index is 356. The minimum Gasteiger partial charge on any atom is -0.340 e. The quantitative estimate of drug-likeness (QED) is 0.611. The summed E-state index contributed by atoms with van der Waals surface area (Å²) in [5, 5.41) is 1.06. The fraction of sp³-hybridized carbons (Fsp3) is 0. The van der Waals surface area contributed by atoms with Gasteiger partial charge in [-0.2, -0.15) is 0 Å². The van der Waals surface area contributed by atoms with Crippen molar-refractivity contribution in [2.75, 3.05) is 0 Å². The predicted octanol–water partition coefficient (Wildman–Crippen LogP) is 1.90. The molecular formula is C8H7N3. The molecule has 0 fully saturated rings. The number of H-pyrrole nitrogens is 1. The molecule has 2 heterocycles. The van der Waals surface area contributed by atoms with Crippen LogP contribution in [0.5, 0.6) is 0 Å². The summed E-state index contributed by atoms with van der Waals surface area (Å²) < 4.78 is 0. The van der Waals surface area contributed by atoms with Crippen LogP contribution < -0.4 is 0 Å². The first-order valence-electron chi connectivity index (χ1n) is 3.29. The van der Waals surface area contributed by atoms with Crippen LogP contribution in [0.3, 0.4) is 0 Å². The van der Waals surface area contributed by atoms with E-state index in [-0.39, 0.29) is 0 Å². The van der Waals surface area contributed by atoms with E-state index in [1.165, 1.54) is 0 Å². The monoisotopic (exact) mass is 145 g/mol. The standard InChI is InChI=1S/C8H7N3/c1-9-8-4-6-5-10-3-2-7(6)11-8/h2-5,11H,1H2. The van der Waals surface area contributed by atoms with Gasteiger partial charge < -0.3 is 4.98 Å². The zero-order valence-corrected chi connectivity index (χ0v) is 5.91. The summed E-state index contributed by atoms with van der Waals surface area (Å²) in [5.74, 6) is 0.785. The minimum atomic E-state index is 0.785. The van der Waals surface area contributed by atoms with Gasteiger partial charge in [0.25, 0.3) is 0 Å². The molecule has 3 heteroatoms. The second kappa shape index (κ2) is 2.20. The van der Waals surface area contributed by atoms with Crippen molar-refractivity contribution >= 4 is 23.4 Å². The van der Waals surface area contributed by atoms with Gasteiger partial charge in [-0.25, -0.2) is 4.99 Å². The first kappa shape index (κ1) is 6.09. The third-order valence-electron chi connectivity index (χ3n) is 1.58. The van der Waals surface area contributed by atoms with Gasteiger partial charge in [0.15, 0.2) is 0 Å². The molecule has 0 aliphatic carbocycles. The number of aliphatic imine (C=N–C) groups is 1. The lowest BCUT2D eigenvalue weighted by molar-refractivity contribution is 1.35. The number of nitrogens with one attached hydrogen (secondary N) is 1. The molecule has 0 aromatic carbocycles. The van der Waals surface area contributed by atoms with Crippen LogP contribution in [0.25, 0.3) is 10.9 Å². The summed E-state index contributed by atoms with van der Waals surface area (Å²) in [6.45, 7) is 3.42. The van der Waals surface area contributed by atoms with Crippen LogP contribution in [-0.4, -0.2) is 16.7 Å². The van der Waals surface area contributed by atoms with E-state index in [4.69, 9.17) is 0 Å². The average Bonchev–Trinajstić information content (AvgIpc) is 2.46. The highest BCUT2D eigenvalue weighted by Gasteiger charge is 1.95. The molecule has 0 aliphatic rings. The van der Waals surface area contributed by atoms with Crippen molar-refractivity contribution in [1.29, 1.82) is 0 Å².